The maximum atomic E-state index is 13.2. The van der Waals surface area contributed by atoms with Crippen molar-refractivity contribution in [2.75, 3.05) is 0 Å². The molecule has 2 aromatic carbocycles. The molecule has 0 unspecified atom stereocenters. The van der Waals surface area contributed by atoms with E-state index < -0.39 is 0 Å². The van der Waals surface area contributed by atoms with E-state index >= 15 is 0 Å². The molecule has 4 aromatic rings. The fourth-order valence-corrected chi connectivity index (χ4v) is 2.73. The van der Waals surface area contributed by atoms with Crippen molar-refractivity contribution in [1.82, 2.24) is 9.13 Å². The lowest BCUT2D eigenvalue weighted by atomic mass is 10.1. The highest BCUT2D eigenvalue weighted by Gasteiger charge is 2.07. The predicted octanol–water partition coefficient (Wildman–Crippen LogP) is 3.92. The van der Waals surface area contributed by atoms with Gasteiger partial charge in [-0.25, -0.2) is 4.39 Å². The van der Waals surface area contributed by atoms with Gasteiger partial charge in [0.2, 0.25) is 0 Å². The third kappa shape index (κ3) is 2.34. The number of benzene rings is 2. The minimum absolute atomic E-state index is 0.0302. The van der Waals surface area contributed by atoms with E-state index in [0.29, 0.717) is 5.39 Å². The van der Waals surface area contributed by atoms with E-state index in [1.54, 1.807) is 18.3 Å². The molecule has 4 rings (SSSR count). The SMILES string of the molecule is O=c1ccn(-c2ccc(F)cc2)c2cc(-n3cccc3)ccc12. The number of pyridine rings is 1. The van der Waals surface area contributed by atoms with E-state index in [0.717, 1.165) is 16.9 Å². The molecule has 0 aliphatic heterocycles. The monoisotopic (exact) mass is 304 g/mol. The Labute approximate surface area is 131 Å². The second kappa shape index (κ2) is 5.25. The molecule has 0 aliphatic carbocycles. The molecule has 2 aromatic heterocycles. The minimum atomic E-state index is -0.285. The van der Waals surface area contributed by atoms with Crippen molar-refractivity contribution >= 4 is 10.9 Å². The summed E-state index contributed by atoms with van der Waals surface area (Å²) < 4.78 is 17.0. The average Bonchev–Trinajstić information content (AvgIpc) is 3.11. The molecule has 0 spiro atoms. The summed E-state index contributed by atoms with van der Waals surface area (Å²) in [5.41, 5.74) is 2.53. The fraction of sp³-hybridized carbons (Fsp3) is 0. The first-order chi connectivity index (χ1) is 11.2. The van der Waals surface area contributed by atoms with Gasteiger partial charge in [0.1, 0.15) is 5.82 Å². The van der Waals surface area contributed by atoms with Crippen molar-refractivity contribution in [3.05, 3.63) is 95.3 Å². The molecular formula is C19H13FN2O. The van der Waals surface area contributed by atoms with Gasteiger partial charge in [-0.1, -0.05) is 0 Å². The number of fused-ring (bicyclic) bond motifs is 1. The Hall–Kier alpha value is -3.14. The average molecular weight is 304 g/mol. The van der Waals surface area contributed by atoms with Crippen LogP contribution in [0.2, 0.25) is 0 Å². The van der Waals surface area contributed by atoms with E-state index in [1.807, 2.05) is 51.9 Å². The van der Waals surface area contributed by atoms with Crippen LogP contribution in [-0.4, -0.2) is 9.13 Å². The van der Waals surface area contributed by atoms with Crippen molar-refractivity contribution in [3.8, 4) is 11.4 Å². The van der Waals surface area contributed by atoms with Crippen molar-refractivity contribution in [2.45, 2.75) is 0 Å². The number of hydrogen-bond acceptors (Lipinski definition) is 1. The van der Waals surface area contributed by atoms with Crippen LogP contribution < -0.4 is 5.43 Å². The summed E-state index contributed by atoms with van der Waals surface area (Å²) in [7, 11) is 0. The molecule has 0 fully saturated rings. The second-order valence-corrected chi connectivity index (χ2v) is 5.32. The van der Waals surface area contributed by atoms with Crippen molar-refractivity contribution in [1.29, 1.82) is 0 Å². The van der Waals surface area contributed by atoms with Crippen molar-refractivity contribution in [3.63, 3.8) is 0 Å². The van der Waals surface area contributed by atoms with Crippen molar-refractivity contribution < 1.29 is 4.39 Å². The molecule has 112 valence electrons. The summed E-state index contributed by atoms with van der Waals surface area (Å²) in [4.78, 5) is 12.1. The molecule has 0 radical (unpaired) electrons. The van der Waals surface area contributed by atoms with E-state index in [9.17, 15) is 9.18 Å². The van der Waals surface area contributed by atoms with Gasteiger partial charge in [-0.2, -0.15) is 0 Å². The van der Waals surface area contributed by atoms with Crippen LogP contribution in [0.1, 0.15) is 0 Å². The third-order valence-corrected chi connectivity index (χ3v) is 3.89. The maximum absolute atomic E-state index is 13.2. The number of halogens is 1. The van der Waals surface area contributed by atoms with Gasteiger partial charge in [-0.05, 0) is 54.6 Å². The normalized spacial score (nSPS) is 11.0. The highest BCUT2D eigenvalue weighted by molar-refractivity contribution is 5.82. The van der Waals surface area contributed by atoms with Gasteiger partial charge in [0.15, 0.2) is 5.43 Å². The zero-order valence-corrected chi connectivity index (χ0v) is 12.2. The molecule has 2 heterocycles. The van der Waals surface area contributed by atoms with Gasteiger partial charge in [0, 0.05) is 41.4 Å². The molecule has 0 saturated carbocycles. The molecule has 0 N–H and O–H groups in total. The predicted molar refractivity (Wildman–Crippen MR) is 88.8 cm³/mol. The molecule has 0 atom stereocenters. The first kappa shape index (κ1) is 13.5. The Kier molecular flexibility index (Phi) is 3.08. The lowest BCUT2D eigenvalue weighted by molar-refractivity contribution is 0.627. The number of rotatable bonds is 2. The smallest absolute Gasteiger partial charge is 0.189 e. The molecule has 3 nitrogen and oxygen atoms in total. The summed E-state index contributed by atoms with van der Waals surface area (Å²) in [5.74, 6) is -0.285. The number of aromatic nitrogens is 2. The highest BCUT2D eigenvalue weighted by Crippen LogP contribution is 2.20. The van der Waals surface area contributed by atoms with E-state index in [2.05, 4.69) is 0 Å². The third-order valence-electron chi connectivity index (χ3n) is 3.89. The topological polar surface area (TPSA) is 26.9 Å². The van der Waals surface area contributed by atoms with E-state index in [1.165, 1.54) is 18.2 Å². The fourth-order valence-electron chi connectivity index (χ4n) is 2.73. The molecule has 0 bridgehead atoms. The van der Waals surface area contributed by atoms with Gasteiger partial charge >= 0.3 is 0 Å². The van der Waals surface area contributed by atoms with Crippen LogP contribution in [0, 0.1) is 5.82 Å². The summed E-state index contributed by atoms with van der Waals surface area (Å²) in [6, 6.07) is 17.3. The lowest BCUT2D eigenvalue weighted by Gasteiger charge is -2.12. The van der Waals surface area contributed by atoms with Crippen LogP contribution in [0.15, 0.2) is 84.0 Å². The molecular weight excluding hydrogens is 291 g/mol. The summed E-state index contributed by atoms with van der Waals surface area (Å²) in [6.07, 6.45) is 5.62. The van der Waals surface area contributed by atoms with Crippen LogP contribution in [-0.2, 0) is 0 Å². The molecule has 0 saturated heterocycles. The van der Waals surface area contributed by atoms with Crippen LogP contribution in [0.3, 0.4) is 0 Å². The van der Waals surface area contributed by atoms with Crippen molar-refractivity contribution in [2.24, 2.45) is 0 Å². The summed E-state index contributed by atoms with van der Waals surface area (Å²) >= 11 is 0. The Morgan fingerprint density at radius 1 is 0.783 bits per heavy atom. The van der Waals surface area contributed by atoms with Crippen LogP contribution in [0.25, 0.3) is 22.3 Å². The Bertz CT molecular complexity index is 1030. The van der Waals surface area contributed by atoms with Gasteiger partial charge < -0.3 is 9.13 Å². The first-order valence-corrected chi connectivity index (χ1v) is 7.27. The summed E-state index contributed by atoms with van der Waals surface area (Å²) in [5, 5.41) is 0.632. The quantitative estimate of drug-likeness (QED) is 0.551. The number of hydrogen-bond donors (Lipinski definition) is 0. The molecule has 0 amide bonds. The Morgan fingerprint density at radius 2 is 1.48 bits per heavy atom. The van der Waals surface area contributed by atoms with Crippen LogP contribution >= 0.6 is 0 Å². The second-order valence-electron chi connectivity index (χ2n) is 5.32. The number of nitrogens with zero attached hydrogens (tertiary/aromatic N) is 2. The summed E-state index contributed by atoms with van der Waals surface area (Å²) in [6.45, 7) is 0. The van der Waals surface area contributed by atoms with Crippen LogP contribution in [0.5, 0.6) is 0 Å². The Balaban J connectivity index is 2.00. The first-order valence-electron chi connectivity index (χ1n) is 7.27. The molecule has 23 heavy (non-hydrogen) atoms. The molecule has 4 heteroatoms. The van der Waals surface area contributed by atoms with Gasteiger partial charge in [-0.3, -0.25) is 4.79 Å². The van der Waals surface area contributed by atoms with Crippen LogP contribution in [0.4, 0.5) is 4.39 Å². The van der Waals surface area contributed by atoms with Gasteiger partial charge in [0.25, 0.3) is 0 Å². The zero-order valence-electron chi connectivity index (χ0n) is 12.2. The molecule has 0 aliphatic rings. The lowest BCUT2D eigenvalue weighted by Crippen LogP contribution is -2.07. The van der Waals surface area contributed by atoms with Gasteiger partial charge in [0.05, 0.1) is 5.52 Å². The van der Waals surface area contributed by atoms with E-state index in [4.69, 9.17) is 0 Å². The van der Waals surface area contributed by atoms with E-state index in [-0.39, 0.29) is 11.2 Å². The minimum Gasteiger partial charge on any atom is -0.324 e. The standard InChI is InChI=1S/C19H13FN2O/c20-14-3-5-15(6-4-14)22-12-9-19(23)17-8-7-16(13-18(17)22)21-10-1-2-11-21/h1-13H. The highest BCUT2D eigenvalue weighted by atomic mass is 19.1. The van der Waals surface area contributed by atoms with Gasteiger partial charge in [-0.15, -0.1) is 0 Å². The Morgan fingerprint density at radius 3 is 2.22 bits per heavy atom. The largest absolute Gasteiger partial charge is 0.324 e. The zero-order chi connectivity index (χ0) is 15.8. The maximum Gasteiger partial charge on any atom is 0.189 e.